The molecule has 0 saturated heterocycles. The summed E-state index contributed by atoms with van der Waals surface area (Å²) in [5, 5.41) is 38.0. The Hall–Kier alpha value is -4.88. The van der Waals surface area contributed by atoms with Crippen LogP contribution in [0.3, 0.4) is 0 Å². The zero-order valence-electron chi connectivity index (χ0n) is 28.7. The number of hydrogen-bond acceptors (Lipinski definition) is 10. The van der Waals surface area contributed by atoms with Crippen molar-refractivity contribution in [2.24, 2.45) is 0 Å². The minimum Gasteiger partial charge on any atom is -0.504 e. The Bertz CT molecular complexity index is 1530. The average molecular weight is 675 g/mol. The summed E-state index contributed by atoms with van der Waals surface area (Å²) in [6, 6.07) is 4.23. The Balaban J connectivity index is 0.000000264. The number of carbonyl (C=O) groups excluding carboxylic acids is 2. The van der Waals surface area contributed by atoms with E-state index in [1.54, 1.807) is 41.5 Å². The summed E-state index contributed by atoms with van der Waals surface area (Å²) in [7, 11) is 0. The highest BCUT2D eigenvalue weighted by Crippen LogP contribution is 2.36. The number of phenols is 2. The van der Waals surface area contributed by atoms with Gasteiger partial charge in [0.25, 0.3) is 0 Å². The molecule has 4 rings (SSSR count). The minimum atomic E-state index is -1.15. The van der Waals surface area contributed by atoms with Crippen molar-refractivity contribution in [3.8, 4) is 23.0 Å². The molecule has 14 nitrogen and oxygen atoms in total. The van der Waals surface area contributed by atoms with Gasteiger partial charge in [0.2, 0.25) is 0 Å². The van der Waals surface area contributed by atoms with Crippen molar-refractivity contribution in [3.63, 3.8) is 0 Å². The summed E-state index contributed by atoms with van der Waals surface area (Å²) in [5.74, 6) is -1.66. The number of ether oxygens (including phenoxy) is 4. The van der Waals surface area contributed by atoms with E-state index in [9.17, 15) is 39.6 Å². The topological polar surface area (TPSA) is 193 Å². The smallest absolute Gasteiger partial charge is 0.411 e. The van der Waals surface area contributed by atoms with E-state index in [2.05, 4.69) is 0 Å². The molecule has 2 amide bonds. The van der Waals surface area contributed by atoms with E-state index >= 15 is 0 Å². The fourth-order valence-electron chi connectivity index (χ4n) is 5.21. The lowest BCUT2D eigenvalue weighted by atomic mass is 9.93. The van der Waals surface area contributed by atoms with Gasteiger partial charge in [-0.25, -0.2) is 19.2 Å². The van der Waals surface area contributed by atoms with E-state index in [4.69, 9.17) is 18.9 Å². The zero-order chi connectivity index (χ0) is 36.1. The number of aliphatic carboxylic acids is 2. The van der Waals surface area contributed by atoms with Crippen molar-refractivity contribution in [1.29, 1.82) is 0 Å². The molecule has 2 aromatic carbocycles. The third-order valence-corrected chi connectivity index (χ3v) is 7.25. The van der Waals surface area contributed by atoms with E-state index in [0.717, 1.165) is 16.0 Å². The molecule has 0 unspecified atom stereocenters. The molecule has 14 heteroatoms. The SMILES string of the molecule is CC(C)(C)OC(=O)N1Cc2cc(O)c(O)cc2C[C@H]1C(=O)O.CCOc1cc2c(cc1OCC)CN(C(=O)OC(C)(C)C)[C@H](C(=O)O)C2. The fourth-order valence-corrected chi connectivity index (χ4v) is 5.21. The number of aromatic hydroxyl groups is 2. The molecule has 0 fully saturated rings. The van der Waals surface area contributed by atoms with Gasteiger partial charge in [-0.1, -0.05) is 0 Å². The van der Waals surface area contributed by atoms with Gasteiger partial charge in [0.05, 0.1) is 26.3 Å². The van der Waals surface area contributed by atoms with Crippen LogP contribution in [0.1, 0.15) is 77.6 Å². The monoisotopic (exact) mass is 674 g/mol. The van der Waals surface area contributed by atoms with Crippen LogP contribution in [0.2, 0.25) is 0 Å². The molecule has 0 aromatic heterocycles. The largest absolute Gasteiger partial charge is 0.504 e. The Morgan fingerprint density at radius 1 is 0.646 bits per heavy atom. The maximum atomic E-state index is 12.5. The second kappa shape index (κ2) is 14.9. The van der Waals surface area contributed by atoms with Crippen LogP contribution in [0.4, 0.5) is 9.59 Å². The van der Waals surface area contributed by atoms with Crippen LogP contribution in [0.15, 0.2) is 24.3 Å². The summed E-state index contributed by atoms with van der Waals surface area (Å²) in [5.41, 5.74) is 1.40. The Labute approximate surface area is 279 Å². The lowest BCUT2D eigenvalue weighted by molar-refractivity contribution is -0.144. The average Bonchev–Trinajstić information content (AvgIpc) is 2.95. The normalized spacial score (nSPS) is 17.2. The molecule has 2 aromatic rings. The van der Waals surface area contributed by atoms with Crippen LogP contribution in [0.5, 0.6) is 23.0 Å². The Kier molecular flexibility index (Phi) is 11.7. The first-order valence-corrected chi connectivity index (χ1v) is 15.6. The van der Waals surface area contributed by atoms with Gasteiger partial charge >= 0.3 is 24.1 Å². The molecule has 48 heavy (non-hydrogen) atoms. The van der Waals surface area contributed by atoms with Crippen molar-refractivity contribution in [2.45, 2.75) is 105 Å². The Morgan fingerprint density at radius 3 is 1.33 bits per heavy atom. The number of phenolic OH excluding ortho intramolecular Hbond substituents is 2. The fraction of sp³-hybridized carbons (Fsp3) is 0.529. The maximum Gasteiger partial charge on any atom is 0.411 e. The van der Waals surface area contributed by atoms with E-state index in [-0.39, 0.29) is 37.4 Å². The van der Waals surface area contributed by atoms with Crippen LogP contribution in [-0.4, -0.2) is 90.9 Å². The number of amides is 2. The molecule has 4 N–H and O–H groups in total. The van der Waals surface area contributed by atoms with Gasteiger partial charge in [0, 0.05) is 12.8 Å². The molecule has 2 aliphatic heterocycles. The number of hydrogen-bond donors (Lipinski definition) is 4. The van der Waals surface area contributed by atoms with Crippen molar-refractivity contribution in [3.05, 3.63) is 46.5 Å². The van der Waals surface area contributed by atoms with E-state index in [1.807, 2.05) is 26.0 Å². The number of rotatable bonds is 6. The predicted octanol–water partition coefficient (Wildman–Crippen LogP) is 5.07. The van der Waals surface area contributed by atoms with E-state index in [0.29, 0.717) is 35.8 Å². The number of fused-ring (bicyclic) bond motifs is 2. The summed E-state index contributed by atoms with van der Waals surface area (Å²) in [6.07, 6.45) is -1.13. The molecule has 2 aliphatic rings. The molecule has 0 saturated carbocycles. The number of benzene rings is 2. The molecule has 0 bridgehead atoms. The summed E-state index contributed by atoms with van der Waals surface area (Å²) >= 11 is 0. The molecule has 0 radical (unpaired) electrons. The number of carboxylic acids is 2. The first-order valence-electron chi connectivity index (χ1n) is 15.6. The quantitative estimate of drug-likeness (QED) is 0.298. The highest BCUT2D eigenvalue weighted by Gasteiger charge is 2.39. The third-order valence-electron chi connectivity index (χ3n) is 7.25. The van der Waals surface area contributed by atoms with Gasteiger partial charge in [0.15, 0.2) is 23.0 Å². The molecule has 264 valence electrons. The van der Waals surface area contributed by atoms with Crippen LogP contribution in [0, 0.1) is 0 Å². The number of carbonyl (C=O) groups is 4. The predicted molar refractivity (Wildman–Crippen MR) is 172 cm³/mol. The second-order valence-electron chi connectivity index (χ2n) is 13.4. The standard InChI is InChI=1S/C19H27NO6.C15H19NO6/c1-6-24-15-9-12-8-14(17(21)22)20(18(23)26-19(3,4)5)11-13(12)10-16(15)25-7-2;1-15(2,3)22-14(21)16-7-9-6-12(18)11(17)5-8(9)4-10(16)13(19)20/h9-10,14H,6-8,11H2,1-5H3,(H,21,22);5-6,10,17-18H,4,7H2,1-3H3,(H,19,20)/t14-;10-/m00/s1. The zero-order valence-corrected chi connectivity index (χ0v) is 28.7. The summed E-state index contributed by atoms with van der Waals surface area (Å²) < 4.78 is 21.9. The van der Waals surface area contributed by atoms with E-state index < -0.39 is 47.4 Å². The molecule has 2 heterocycles. The summed E-state index contributed by atoms with van der Waals surface area (Å²) in [4.78, 5) is 50.2. The van der Waals surface area contributed by atoms with Gasteiger partial charge in [-0.05, 0) is 102 Å². The molecule has 2 atom stereocenters. The molecule has 0 spiro atoms. The van der Waals surface area contributed by atoms with Crippen molar-refractivity contribution in [1.82, 2.24) is 9.80 Å². The molecule has 0 aliphatic carbocycles. The second-order valence-corrected chi connectivity index (χ2v) is 13.4. The first kappa shape index (κ1) is 37.6. The summed E-state index contributed by atoms with van der Waals surface area (Å²) in [6.45, 7) is 15.2. The minimum absolute atomic E-state index is 0.00491. The molecular formula is C34H46N2O12. The van der Waals surface area contributed by atoms with Crippen molar-refractivity contribution in [2.75, 3.05) is 13.2 Å². The molecular weight excluding hydrogens is 628 g/mol. The van der Waals surface area contributed by atoms with Crippen LogP contribution < -0.4 is 9.47 Å². The number of nitrogens with zero attached hydrogens (tertiary/aromatic N) is 2. The first-order chi connectivity index (χ1) is 22.2. The van der Waals surface area contributed by atoms with Crippen molar-refractivity contribution < 1.29 is 58.6 Å². The Morgan fingerprint density at radius 2 is 0.979 bits per heavy atom. The van der Waals surface area contributed by atoms with E-state index in [1.165, 1.54) is 17.0 Å². The maximum absolute atomic E-state index is 12.5. The number of carboxylic acid groups (broad SMARTS) is 2. The van der Waals surface area contributed by atoms with Crippen LogP contribution in [-0.2, 0) is 45.0 Å². The van der Waals surface area contributed by atoms with Gasteiger partial charge in [-0.3, -0.25) is 9.80 Å². The van der Waals surface area contributed by atoms with Crippen LogP contribution in [0.25, 0.3) is 0 Å². The third kappa shape index (κ3) is 9.58. The lowest BCUT2D eigenvalue weighted by Crippen LogP contribution is -2.50. The van der Waals surface area contributed by atoms with Gasteiger partial charge in [-0.15, -0.1) is 0 Å². The highest BCUT2D eigenvalue weighted by atomic mass is 16.6. The van der Waals surface area contributed by atoms with Gasteiger partial charge < -0.3 is 39.4 Å². The van der Waals surface area contributed by atoms with Gasteiger partial charge in [0.1, 0.15) is 23.3 Å². The highest BCUT2D eigenvalue weighted by molar-refractivity contribution is 5.82. The lowest BCUT2D eigenvalue weighted by Gasteiger charge is -2.36. The van der Waals surface area contributed by atoms with Crippen LogP contribution >= 0.6 is 0 Å². The van der Waals surface area contributed by atoms with Gasteiger partial charge in [-0.2, -0.15) is 0 Å². The van der Waals surface area contributed by atoms with Crippen molar-refractivity contribution >= 4 is 24.1 Å².